The summed E-state index contributed by atoms with van der Waals surface area (Å²) in [4.78, 5) is 17.5. The topological polar surface area (TPSA) is 74.6 Å². The second kappa shape index (κ2) is 9.87. The van der Waals surface area contributed by atoms with Crippen LogP contribution >= 0.6 is 15.9 Å². The highest BCUT2D eigenvalue weighted by atomic mass is 79.9. The Hall–Kier alpha value is -3.00. The first-order chi connectivity index (χ1) is 14.8. The average molecular weight is 488 g/mol. The van der Waals surface area contributed by atoms with Crippen LogP contribution in [0.5, 0.6) is 17.2 Å². The molecule has 0 aliphatic rings. The summed E-state index contributed by atoms with van der Waals surface area (Å²) in [6, 6.07) is 10.7. The number of nitrogens with one attached hydrogen (secondary N) is 1. The van der Waals surface area contributed by atoms with E-state index in [0.717, 1.165) is 15.6 Å². The first-order valence-corrected chi connectivity index (χ1v) is 10.5. The van der Waals surface area contributed by atoms with Crippen molar-refractivity contribution in [2.24, 2.45) is 7.05 Å². The van der Waals surface area contributed by atoms with E-state index in [4.69, 9.17) is 14.2 Å². The molecule has 0 saturated heterocycles. The maximum absolute atomic E-state index is 13.1. The van der Waals surface area contributed by atoms with Crippen molar-refractivity contribution in [1.29, 1.82) is 0 Å². The van der Waals surface area contributed by atoms with E-state index in [2.05, 4.69) is 26.2 Å². The van der Waals surface area contributed by atoms with E-state index in [1.165, 1.54) is 0 Å². The highest BCUT2D eigenvalue weighted by Crippen LogP contribution is 2.30. The van der Waals surface area contributed by atoms with Gasteiger partial charge in [-0.05, 0) is 65.2 Å². The molecular formula is C23H26BrN3O4. The van der Waals surface area contributed by atoms with E-state index in [1.807, 2.05) is 55.1 Å². The van der Waals surface area contributed by atoms with Crippen molar-refractivity contribution in [2.75, 3.05) is 14.2 Å². The van der Waals surface area contributed by atoms with Gasteiger partial charge in [0.25, 0.3) is 5.91 Å². The van der Waals surface area contributed by atoms with E-state index in [9.17, 15) is 4.79 Å². The zero-order valence-electron chi connectivity index (χ0n) is 18.2. The number of halogens is 1. The number of methoxy groups -OCH3 is 2. The molecule has 1 heterocycles. The van der Waals surface area contributed by atoms with Crippen molar-refractivity contribution in [3.63, 3.8) is 0 Å². The van der Waals surface area contributed by atoms with E-state index in [0.29, 0.717) is 23.1 Å². The standard InChI is InChI=1S/C23H26BrN3O4/c1-14-6-7-20(19(24)10-14)31-15(2)23(28)26-21(22-25-8-9-27(22)3)16-11-17(29-4)13-18(12-16)30-5/h6-13,15,21H,1-5H3,(H,26,28). The summed E-state index contributed by atoms with van der Waals surface area (Å²) in [6.45, 7) is 3.70. The molecule has 0 radical (unpaired) electrons. The zero-order chi connectivity index (χ0) is 22.5. The van der Waals surface area contributed by atoms with Crippen molar-refractivity contribution in [1.82, 2.24) is 14.9 Å². The fraction of sp³-hybridized carbons (Fsp3) is 0.304. The summed E-state index contributed by atoms with van der Waals surface area (Å²) < 4.78 is 19.4. The van der Waals surface area contributed by atoms with Crippen molar-refractivity contribution in [3.05, 3.63) is 70.2 Å². The molecule has 164 valence electrons. The molecule has 2 unspecified atom stereocenters. The van der Waals surface area contributed by atoms with Gasteiger partial charge in [0.05, 0.1) is 18.7 Å². The van der Waals surface area contributed by atoms with Crippen LogP contribution in [0.4, 0.5) is 0 Å². The number of hydrogen-bond acceptors (Lipinski definition) is 5. The molecule has 3 aromatic rings. The normalized spacial score (nSPS) is 12.7. The number of carbonyl (C=O) groups is 1. The van der Waals surface area contributed by atoms with E-state index in [1.54, 1.807) is 33.4 Å². The van der Waals surface area contributed by atoms with Gasteiger partial charge in [-0.15, -0.1) is 0 Å². The predicted octanol–water partition coefficient (Wildman–Crippen LogP) is 4.18. The molecule has 31 heavy (non-hydrogen) atoms. The van der Waals surface area contributed by atoms with Gasteiger partial charge in [-0.3, -0.25) is 4.79 Å². The maximum Gasteiger partial charge on any atom is 0.261 e. The van der Waals surface area contributed by atoms with Crippen LogP contribution < -0.4 is 19.5 Å². The minimum atomic E-state index is -0.728. The van der Waals surface area contributed by atoms with Gasteiger partial charge in [0.15, 0.2) is 6.10 Å². The summed E-state index contributed by atoms with van der Waals surface area (Å²) in [5.74, 6) is 2.24. The third-order valence-electron chi connectivity index (χ3n) is 4.87. The van der Waals surface area contributed by atoms with Crippen molar-refractivity contribution in [2.45, 2.75) is 26.0 Å². The quantitative estimate of drug-likeness (QED) is 0.515. The largest absolute Gasteiger partial charge is 0.497 e. The van der Waals surface area contributed by atoms with Gasteiger partial charge in [-0.2, -0.15) is 0 Å². The number of hydrogen-bond donors (Lipinski definition) is 1. The Labute approximate surface area is 190 Å². The predicted molar refractivity (Wildman–Crippen MR) is 122 cm³/mol. The third kappa shape index (κ3) is 5.38. The van der Waals surface area contributed by atoms with E-state index in [-0.39, 0.29) is 5.91 Å². The van der Waals surface area contributed by atoms with Gasteiger partial charge in [0.2, 0.25) is 0 Å². The molecule has 2 aromatic carbocycles. The molecule has 2 atom stereocenters. The molecule has 0 fully saturated rings. The minimum Gasteiger partial charge on any atom is -0.497 e. The van der Waals surface area contributed by atoms with Gasteiger partial charge in [0, 0.05) is 25.5 Å². The maximum atomic E-state index is 13.1. The van der Waals surface area contributed by atoms with Crippen molar-refractivity contribution >= 4 is 21.8 Å². The number of amides is 1. The third-order valence-corrected chi connectivity index (χ3v) is 5.49. The van der Waals surface area contributed by atoms with Crippen LogP contribution in [0.2, 0.25) is 0 Å². The first kappa shape index (κ1) is 22.7. The highest BCUT2D eigenvalue weighted by molar-refractivity contribution is 9.10. The molecule has 0 bridgehead atoms. The molecule has 1 N–H and O–H groups in total. The fourth-order valence-corrected chi connectivity index (χ4v) is 3.74. The molecule has 0 saturated carbocycles. The lowest BCUT2D eigenvalue weighted by atomic mass is 10.0. The minimum absolute atomic E-state index is 0.276. The number of nitrogens with zero attached hydrogens (tertiary/aromatic N) is 2. The van der Waals surface area contributed by atoms with Crippen LogP contribution in [0.3, 0.4) is 0 Å². The van der Waals surface area contributed by atoms with Crippen LogP contribution in [-0.2, 0) is 11.8 Å². The number of aryl methyl sites for hydroxylation is 2. The van der Waals surface area contributed by atoms with Crippen LogP contribution in [0, 0.1) is 6.92 Å². The molecule has 1 amide bonds. The lowest BCUT2D eigenvalue weighted by Crippen LogP contribution is -2.39. The Morgan fingerprint density at radius 1 is 1.13 bits per heavy atom. The lowest BCUT2D eigenvalue weighted by molar-refractivity contribution is -0.127. The summed E-state index contributed by atoms with van der Waals surface area (Å²) in [5.41, 5.74) is 1.88. The monoisotopic (exact) mass is 487 g/mol. The smallest absolute Gasteiger partial charge is 0.261 e. The van der Waals surface area contributed by atoms with E-state index >= 15 is 0 Å². The first-order valence-electron chi connectivity index (χ1n) is 9.75. The molecule has 0 aliphatic heterocycles. The zero-order valence-corrected chi connectivity index (χ0v) is 19.8. The SMILES string of the molecule is COc1cc(OC)cc(C(NC(=O)C(C)Oc2ccc(C)cc2Br)c2nccn2C)c1. The van der Waals surface area contributed by atoms with Gasteiger partial charge in [-0.25, -0.2) is 4.98 Å². The lowest BCUT2D eigenvalue weighted by Gasteiger charge is -2.23. The number of imidazole rings is 1. The number of rotatable bonds is 8. The van der Waals surface area contributed by atoms with Gasteiger partial charge in [0.1, 0.15) is 29.1 Å². The molecule has 7 nitrogen and oxygen atoms in total. The average Bonchev–Trinajstić information content (AvgIpc) is 3.18. The summed E-state index contributed by atoms with van der Waals surface area (Å²) in [6.07, 6.45) is 2.79. The molecule has 0 spiro atoms. The van der Waals surface area contributed by atoms with Gasteiger partial charge < -0.3 is 24.1 Å². The molecule has 3 rings (SSSR count). The van der Waals surface area contributed by atoms with Crippen LogP contribution in [0.15, 0.2) is 53.3 Å². The Morgan fingerprint density at radius 2 is 1.81 bits per heavy atom. The molecular weight excluding hydrogens is 462 g/mol. The summed E-state index contributed by atoms with van der Waals surface area (Å²) in [7, 11) is 5.05. The molecule has 0 aliphatic carbocycles. The molecule has 1 aromatic heterocycles. The van der Waals surface area contributed by atoms with Gasteiger partial charge in [-0.1, -0.05) is 6.07 Å². The Kier molecular flexibility index (Phi) is 7.22. The fourth-order valence-electron chi connectivity index (χ4n) is 3.15. The van der Waals surface area contributed by atoms with Gasteiger partial charge >= 0.3 is 0 Å². The highest BCUT2D eigenvalue weighted by Gasteiger charge is 2.26. The second-order valence-electron chi connectivity index (χ2n) is 7.18. The van der Waals surface area contributed by atoms with E-state index < -0.39 is 12.1 Å². The second-order valence-corrected chi connectivity index (χ2v) is 8.03. The summed E-state index contributed by atoms with van der Waals surface area (Å²) >= 11 is 3.49. The summed E-state index contributed by atoms with van der Waals surface area (Å²) in [5, 5.41) is 3.06. The van der Waals surface area contributed by atoms with Crippen LogP contribution in [0.1, 0.15) is 29.9 Å². The molecule has 8 heteroatoms. The number of ether oxygens (including phenoxy) is 3. The van der Waals surface area contributed by atoms with Crippen molar-refractivity contribution < 1.29 is 19.0 Å². The Balaban J connectivity index is 1.89. The Bertz CT molecular complexity index is 1040. The van der Waals surface area contributed by atoms with Crippen LogP contribution in [-0.4, -0.2) is 35.8 Å². The van der Waals surface area contributed by atoms with Crippen molar-refractivity contribution in [3.8, 4) is 17.2 Å². The number of benzene rings is 2. The van der Waals surface area contributed by atoms with Crippen LogP contribution in [0.25, 0.3) is 0 Å². The number of aromatic nitrogens is 2. The Morgan fingerprint density at radius 3 is 2.35 bits per heavy atom. The number of carbonyl (C=O) groups excluding carboxylic acids is 1.